The fourth-order valence-electron chi connectivity index (χ4n) is 2.82. The van der Waals surface area contributed by atoms with E-state index < -0.39 is 35.9 Å². The number of benzene rings is 1. The second-order valence-electron chi connectivity index (χ2n) is 7.77. The molecular weight excluding hydrogens is 408 g/mol. The van der Waals surface area contributed by atoms with Gasteiger partial charge in [-0.2, -0.15) is 0 Å². The van der Waals surface area contributed by atoms with Gasteiger partial charge >= 0.3 is 12.1 Å². The molecule has 1 aromatic carbocycles. The lowest BCUT2D eigenvalue weighted by Gasteiger charge is -2.25. The molecule has 1 aliphatic rings. The van der Waals surface area contributed by atoms with Crippen molar-refractivity contribution in [3.8, 4) is 5.75 Å². The van der Waals surface area contributed by atoms with Crippen LogP contribution in [0, 0.1) is 0 Å². The van der Waals surface area contributed by atoms with Crippen LogP contribution in [-0.2, 0) is 14.3 Å². The summed E-state index contributed by atoms with van der Waals surface area (Å²) in [5.41, 5.74) is 0.136. The summed E-state index contributed by atoms with van der Waals surface area (Å²) in [4.78, 5) is 28.5. The maximum Gasteiger partial charge on any atom is 0.408 e. The van der Waals surface area contributed by atoms with Gasteiger partial charge in [0.2, 0.25) is 0 Å². The van der Waals surface area contributed by atoms with Crippen LogP contribution < -0.4 is 10.1 Å². The van der Waals surface area contributed by atoms with Gasteiger partial charge < -0.3 is 24.6 Å². The molecule has 1 unspecified atom stereocenters. The highest BCUT2D eigenvalue weighted by atomic mass is 32.2. The molecule has 3 atom stereocenters. The molecule has 0 aromatic heterocycles. The number of hydrogen-bond acceptors (Lipinski definition) is 8. The minimum Gasteiger partial charge on any atom is -0.497 e. The predicted molar refractivity (Wildman–Crippen MR) is 116 cm³/mol. The minimum atomic E-state index is -0.948. The lowest BCUT2D eigenvalue weighted by Crippen LogP contribution is -2.37. The van der Waals surface area contributed by atoms with Crippen molar-refractivity contribution in [3.05, 3.63) is 29.8 Å². The Balaban J connectivity index is 2.14. The molecule has 0 bridgehead atoms. The van der Waals surface area contributed by atoms with E-state index in [-0.39, 0.29) is 13.0 Å². The largest absolute Gasteiger partial charge is 0.497 e. The van der Waals surface area contributed by atoms with Gasteiger partial charge in [-0.15, -0.1) is 11.8 Å². The SMILES string of the molecule is CCOC(=O)C1CSC([C@H](O)C[C@@H](NC(=O)OC(C)(C)C)c2ccc(OC)cc2)=N1. The van der Waals surface area contributed by atoms with Crippen molar-refractivity contribution < 1.29 is 28.9 Å². The van der Waals surface area contributed by atoms with E-state index >= 15 is 0 Å². The third-order valence-corrected chi connectivity index (χ3v) is 5.34. The van der Waals surface area contributed by atoms with Gasteiger partial charge in [-0.25, -0.2) is 9.59 Å². The standard InChI is InChI=1S/C21H30N2O6S/c1-6-28-19(25)16-12-30-18(22-16)17(24)11-15(23-20(26)29-21(2,3)4)13-7-9-14(27-5)10-8-13/h7-10,15-17,24H,6,11-12H2,1-5H3,(H,23,26)/t15-,16?,17-/m1/s1. The average Bonchev–Trinajstić information content (AvgIpc) is 3.17. The van der Waals surface area contributed by atoms with E-state index in [1.54, 1.807) is 46.9 Å². The number of rotatable bonds is 8. The number of ether oxygens (including phenoxy) is 3. The zero-order chi connectivity index (χ0) is 22.3. The van der Waals surface area contributed by atoms with Crippen molar-refractivity contribution in [2.24, 2.45) is 4.99 Å². The molecule has 0 saturated heterocycles. The molecule has 166 valence electrons. The Kier molecular flexibility index (Phi) is 8.54. The zero-order valence-electron chi connectivity index (χ0n) is 18.0. The second kappa shape index (κ2) is 10.7. The number of aliphatic hydroxyl groups excluding tert-OH is 1. The maximum absolute atomic E-state index is 12.3. The maximum atomic E-state index is 12.3. The number of nitrogens with zero attached hydrogens (tertiary/aromatic N) is 1. The van der Waals surface area contributed by atoms with Crippen LogP contribution in [0.2, 0.25) is 0 Å². The van der Waals surface area contributed by atoms with Gasteiger partial charge in [0.25, 0.3) is 0 Å². The number of alkyl carbamates (subject to hydrolysis) is 1. The predicted octanol–water partition coefficient (Wildman–Crippen LogP) is 3.09. The van der Waals surface area contributed by atoms with Crippen LogP contribution >= 0.6 is 11.8 Å². The lowest BCUT2D eigenvalue weighted by molar-refractivity contribution is -0.143. The second-order valence-corrected chi connectivity index (χ2v) is 8.81. The highest BCUT2D eigenvalue weighted by Gasteiger charge is 2.31. The summed E-state index contributed by atoms with van der Waals surface area (Å²) in [5.74, 6) is 0.715. The van der Waals surface area contributed by atoms with Crippen LogP contribution in [0.5, 0.6) is 5.75 Å². The molecule has 1 aromatic rings. The van der Waals surface area contributed by atoms with Crippen molar-refractivity contribution in [1.82, 2.24) is 5.32 Å². The summed E-state index contributed by atoms with van der Waals surface area (Å²) in [7, 11) is 1.57. The molecule has 0 fully saturated rings. The van der Waals surface area contributed by atoms with E-state index in [2.05, 4.69) is 10.3 Å². The number of thioether (sulfide) groups is 1. The Morgan fingerprint density at radius 2 is 1.97 bits per heavy atom. The summed E-state index contributed by atoms with van der Waals surface area (Å²) >= 11 is 1.32. The summed E-state index contributed by atoms with van der Waals surface area (Å²) < 4.78 is 15.5. The molecule has 2 rings (SSSR count). The Morgan fingerprint density at radius 3 is 2.53 bits per heavy atom. The molecule has 8 nitrogen and oxygen atoms in total. The van der Waals surface area contributed by atoms with Crippen molar-refractivity contribution in [1.29, 1.82) is 0 Å². The van der Waals surface area contributed by atoms with E-state index in [0.29, 0.717) is 16.5 Å². The van der Waals surface area contributed by atoms with Crippen molar-refractivity contribution >= 4 is 28.9 Å². The first kappa shape index (κ1) is 24.0. The van der Waals surface area contributed by atoms with E-state index in [1.165, 1.54) is 11.8 Å². The van der Waals surface area contributed by atoms with Gasteiger partial charge in [0, 0.05) is 12.2 Å². The van der Waals surface area contributed by atoms with Gasteiger partial charge in [-0.3, -0.25) is 4.99 Å². The minimum absolute atomic E-state index is 0.174. The molecule has 1 amide bonds. The van der Waals surface area contributed by atoms with Crippen LogP contribution in [0.15, 0.2) is 29.3 Å². The number of methoxy groups -OCH3 is 1. The molecule has 1 aliphatic heterocycles. The zero-order valence-corrected chi connectivity index (χ0v) is 18.8. The van der Waals surface area contributed by atoms with E-state index in [1.807, 2.05) is 12.1 Å². The van der Waals surface area contributed by atoms with E-state index in [9.17, 15) is 14.7 Å². The third-order valence-electron chi connectivity index (χ3n) is 4.18. The van der Waals surface area contributed by atoms with Crippen LogP contribution in [0.4, 0.5) is 4.79 Å². The number of amides is 1. The van der Waals surface area contributed by atoms with Gasteiger partial charge in [0.05, 0.1) is 24.8 Å². The molecule has 0 aliphatic carbocycles. The quantitative estimate of drug-likeness (QED) is 0.601. The molecule has 9 heteroatoms. The average molecular weight is 439 g/mol. The molecule has 1 heterocycles. The topological polar surface area (TPSA) is 106 Å². The first-order chi connectivity index (χ1) is 14.1. The van der Waals surface area contributed by atoms with Gasteiger partial charge in [-0.1, -0.05) is 12.1 Å². The van der Waals surface area contributed by atoms with E-state index in [0.717, 1.165) is 5.56 Å². The molecule has 0 spiro atoms. The number of aliphatic hydroxyl groups is 1. The van der Waals surface area contributed by atoms with Crippen LogP contribution in [-0.4, -0.2) is 59.4 Å². The Hall–Kier alpha value is -2.26. The summed E-state index contributed by atoms with van der Waals surface area (Å²) in [6, 6.07) is 6.06. The molecule has 2 N–H and O–H groups in total. The first-order valence-electron chi connectivity index (χ1n) is 9.81. The monoisotopic (exact) mass is 438 g/mol. The van der Waals surface area contributed by atoms with Crippen LogP contribution in [0.3, 0.4) is 0 Å². The number of carbonyl (C=O) groups is 2. The normalized spacial score (nSPS) is 18.2. The van der Waals surface area contributed by atoms with Crippen LogP contribution in [0.1, 0.15) is 45.7 Å². The van der Waals surface area contributed by atoms with Gasteiger partial charge in [0.15, 0.2) is 6.04 Å². The Morgan fingerprint density at radius 1 is 1.30 bits per heavy atom. The van der Waals surface area contributed by atoms with Crippen molar-refractivity contribution in [2.45, 2.75) is 57.9 Å². The van der Waals surface area contributed by atoms with Gasteiger partial charge in [0.1, 0.15) is 17.5 Å². The van der Waals surface area contributed by atoms with Crippen molar-refractivity contribution in [2.75, 3.05) is 19.5 Å². The number of hydrogen-bond donors (Lipinski definition) is 2. The molecule has 30 heavy (non-hydrogen) atoms. The summed E-state index contributed by atoms with van der Waals surface area (Å²) in [5, 5.41) is 14.0. The highest BCUT2D eigenvalue weighted by Crippen LogP contribution is 2.28. The third kappa shape index (κ3) is 7.21. The Bertz CT molecular complexity index is 760. The fraction of sp³-hybridized carbons (Fsp3) is 0.571. The molecular formula is C21H30N2O6S. The molecule has 0 saturated carbocycles. The lowest BCUT2D eigenvalue weighted by atomic mass is 10.0. The number of nitrogens with one attached hydrogen (secondary N) is 1. The fourth-order valence-corrected chi connectivity index (χ4v) is 3.85. The number of carbonyl (C=O) groups excluding carboxylic acids is 2. The summed E-state index contributed by atoms with van der Waals surface area (Å²) in [6.45, 7) is 7.36. The number of esters is 1. The van der Waals surface area contributed by atoms with Crippen LogP contribution in [0.25, 0.3) is 0 Å². The van der Waals surface area contributed by atoms with Crippen molar-refractivity contribution in [3.63, 3.8) is 0 Å². The number of aliphatic imine (C=N–C) groups is 1. The van der Waals surface area contributed by atoms with E-state index in [4.69, 9.17) is 14.2 Å². The Labute approximate surface area is 181 Å². The first-order valence-corrected chi connectivity index (χ1v) is 10.8. The molecule has 0 radical (unpaired) electrons. The van der Waals surface area contributed by atoms with Gasteiger partial charge in [-0.05, 0) is 45.4 Å². The smallest absolute Gasteiger partial charge is 0.408 e. The highest BCUT2D eigenvalue weighted by molar-refractivity contribution is 8.14. The summed E-state index contributed by atoms with van der Waals surface area (Å²) in [6.07, 6.45) is -1.36.